The molecule has 0 aliphatic carbocycles. The minimum atomic E-state index is -0.962. The summed E-state index contributed by atoms with van der Waals surface area (Å²) in [4.78, 5) is 46.2. The fourth-order valence-corrected chi connectivity index (χ4v) is 2.13. The predicted molar refractivity (Wildman–Crippen MR) is 72.8 cm³/mol. The Morgan fingerprint density at radius 2 is 2.10 bits per heavy atom. The fourth-order valence-electron chi connectivity index (χ4n) is 2.13. The van der Waals surface area contributed by atoms with Crippen molar-refractivity contribution >= 4 is 29.7 Å². The SMILES string of the molecule is Nc1cccc(C(=O)N(N)C2CCC(=O)NC2=O)c1C=O. The minimum Gasteiger partial charge on any atom is -0.398 e. The van der Waals surface area contributed by atoms with Crippen LogP contribution in [0, 0.1) is 0 Å². The van der Waals surface area contributed by atoms with Gasteiger partial charge in [-0.05, 0) is 18.6 Å². The number of nitrogen functional groups attached to an aromatic ring is 1. The predicted octanol–water partition coefficient (Wildman–Crippen LogP) is -0.798. The van der Waals surface area contributed by atoms with Gasteiger partial charge in [-0.1, -0.05) is 6.07 Å². The molecule has 1 aliphatic heterocycles. The lowest BCUT2D eigenvalue weighted by molar-refractivity contribution is -0.136. The van der Waals surface area contributed by atoms with Gasteiger partial charge in [-0.15, -0.1) is 0 Å². The molecular formula is C13H14N4O4. The van der Waals surface area contributed by atoms with E-state index in [9.17, 15) is 19.2 Å². The van der Waals surface area contributed by atoms with Crippen molar-refractivity contribution in [1.29, 1.82) is 0 Å². The number of aldehydes is 1. The Bertz CT molecular complexity index is 629. The van der Waals surface area contributed by atoms with Gasteiger partial charge in [0.15, 0.2) is 6.29 Å². The summed E-state index contributed by atoms with van der Waals surface area (Å²) in [5.74, 6) is 3.93. The Morgan fingerprint density at radius 1 is 1.38 bits per heavy atom. The van der Waals surface area contributed by atoms with E-state index in [1.807, 2.05) is 0 Å². The quantitative estimate of drug-likeness (QED) is 0.166. The average Bonchev–Trinajstić information content (AvgIpc) is 2.45. The number of hydrogen-bond donors (Lipinski definition) is 3. The summed E-state index contributed by atoms with van der Waals surface area (Å²) >= 11 is 0. The molecule has 1 aromatic rings. The normalized spacial score (nSPS) is 18.0. The second kappa shape index (κ2) is 5.71. The Hall–Kier alpha value is -2.74. The van der Waals surface area contributed by atoms with E-state index >= 15 is 0 Å². The van der Waals surface area contributed by atoms with Gasteiger partial charge in [-0.3, -0.25) is 29.5 Å². The maximum Gasteiger partial charge on any atom is 0.269 e. The monoisotopic (exact) mass is 290 g/mol. The lowest BCUT2D eigenvalue weighted by atomic mass is 10.0. The number of nitrogens with zero attached hydrogens (tertiary/aromatic N) is 1. The molecule has 110 valence electrons. The molecule has 1 heterocycles. The molecule has 5 N–H and O–H groups in total. The summed E-state index contributed by atoms with van der Waals surface area (Å²) in [6.45, 7) is 0. The number of nitrogens with two attached hydrogens (primary N) is 2. The van der Waals surface area contributed by atoms with Crippen LogP contribution < -0.4 is 16.9 Å². The van der Waals surface area contributed by atoms with Crippen LogP contribution in [0.25, 0.3) is 0 Å². The number of anilines is 1. The Balaban J connectivity index is 2.28. The van der Waals surface area contributed by atoms with Gasteiger partial charge < -0.3 is 5.73 Å². The number of nitrogens with one attached hydrogen (secondary N) is 1. The number of carbonyl (C=O) groups excluding carboxylic acids is 4. The minimum absolute atomic E-state index is 0.0113. The molecule has 0 radical (unpaired) electrons. The van der Waals surface area contributed by atoms with E-state index in [0.29, 0.717) is 6.29 Å². The lowest BCUT2D eigenvalue weighted by Crippen LogP contribution is -2.57. The van der Waals surface area contributed by atoms with Crippen molar-refractivity contribution in [1.82, 2.24) is 10.3 Å². The molecule has 1 fully saturated rings. The van der Waals surface area contributed by atoms with Gasteiger partial charge in [0.1, 0.15) is 6.04 Å². The highest BCUT2D eigenvalue weighted by Gasteiger charge is 2.34. The largest absolute Gasteiger partial charge is 0.398 e. The van der Waals surface area contributed by atoms with Crippen molar-refractivity contribution < 1.29 is 19.2 Å². The van der Waals surface area contributed by atoms with E-state index in [-0.39, 0.29) is 29.7 Å². The molecule has 21 heavy (non-hydrogen) atoms. The summed E-state index contributed by atoms with van der Waals surface area (Å²) in [5.41, 5.74) is 5.80. The number of piperidine rings is 1. The van der Waals surface area contributed by atoms with Crippen LogP contribution >= 0.6 is 0 Å². The molecule has 3 amide bonds. The maximum atomic E-state index is 12.3. The van der Waals surface area contributed by atoms with Crippen LogP contribution in [0.2, 0.25) is 0 Å². The van der Waals surface area contributed by atoms with Gasteiger partial charge in [0.2, 0.25) is 5.91 Å². The standard InChI is InChI=1S/C13H14N4O4/c14-9-3-1-2-7(8(9)6-18)13(21)17(15)10-4-5-11(19)16-12(10)20/h1-3,6,10H,4-5,14-15H2,(H,16,19,20). The summed E-state index contributed by atoms with van der Waals surface area (Å²) in [6, 6.07) is 3.42. The fraction of sp³-hybridized carbons (Fsp3) is 0.231. The zero-order chi connectivity index (χ0) is 15.6. The third-order valence-electron chi connectivity index (χ3n) is 3.27. The van der Waals surface area contributed by atoms with Crippen molar-refractivity contribution in [3.8, 4) is 0 Å². The van der Waals surface area contributed by atoms with E-state index in [2.05, 4.69) is 5.32 Å². The molecule has 1 unspecified atom stereocenters. The highest BCUT2D eigenvalue weighted by molar-refractivity contribution is 6.07. The van der Waals surface area contributed by atoms with Crippen LogP contribution in [0.15, 0.2) is 18.2 Å². The molecule has 0 saturated carbocycles. The van der Waals surface area contributed by atoms with Crippen LogP contribution in [-0.4, -0.2) is 35.1 Å². The zero-order valence-corrected chi connectivity index (χ0v) is 11.0. The molecule has 1 aromatic carbocycles. The number of hydrazine groups is 1. The third kappa shape index (κ3) is 2.75. The van der Waals surface area contributed by atoms with Crippen LogP contribution in [0.3, 0.4) is 0 Å². The van der Waals surface area contributed by atoms with Crippen molar-refractivity contribution in [2.45, 2.75) is 18.9 Å². The second-order valence-electron chi connectivity index (χ2n) is 4.61. The smallest absolute Gasteiger partial charge is 0.269 e. The van der Waals surface area contributed by atoms with E-state index in [1.54, 1.807) is 0 Å². The van der Waals surface area contributed by atoms with Crippen molar-refractivity contribution in [2.75, 3.05) is 5.73 Å². The molecule has 1 saturated heterocycles. The molecule has 0 bridgehead atoms. The summed E-state index contributed by atoms with van der Waals surface area (Å²) in [7, 11) is 0. The van der Waals surface area contributed by atoms with Crippen LogP contribution in [0.5, 0.6) is 0 Å². The summed E-state index contributed by atoms with van der Waals surface area (Å²) in [6.07, 6.45) is 0.682. The molecule has 1 atom stereocenters. The molecule has 0 aromatic heterocycles. The van der Waals surface area contributed by atoms with Crippen LogP contribution in [0.1, 0.15) is 33.6 Å². The van der Waals surface area contributed by atoms with Crippen LogP contribution in [0.4, 0.5) is 5.69 Å². The molecular weight excluding hydrogens is 276 g/mol. The number of amides is 3. The van der Waals surface area contributed by atoms with Gasteiger partial charge in [-0.2, -0.15) is 0 Å². The number of imide groups is 1. The zero-order valence-electron chi connectivity index (χ0n) is 11.0. The number of benzene rings is 1. The van der Waals surface area contributed by atoms with Gasteiger partial charge in [0, 0.05) is 12.1 Å². The van der Waals surface area contributed by atoms with Gasteiger partial charge in [0.25, 0.3) is 11.8 Å². The molecule has 2 rings (SSSR count). The van der Waals surface area contributed by atoms with Gasteiger partial charge in [0.05, 0.1) is 11.1 Å². The molecule has 8 nitrogen and oxygen atoms in total. The van der Waals surface area contributed by atoms with Crippen molar-refractivity contribution in [3.05, 3.63) is 29.3 Å². The van der Waals surface area contributed by atoms with E-state index in [0.717, 1.165) is 5.01 Å². The first-order valence-electron chi connectivity index (χ1n) is 6.21. The molecule has 0 spiro atoms. The first-order chi connectivity index (χ1) is 9.95. The van der Waals surface area contributed by atoms with Crippen molar-refractivity contribution in [3.63, 3.8) is 0 Å². The average molecular weight is 290 g/mol. The van der Waals surface area contributed by atoms with E-state index in [4.69, 9.17) is 11.6 Å². The molecule has 1 aliphatic rings. The summed E-state index contributed by atoms with van der Waals surface area (Å²) in [5, 5.41) is 2.84. The Morgan fingerprint density at radius 3 is 2.71 bits per heavy atom. The first-order valence-corrected chi connectivity index (χ1v) is 6.21. The summed E-state index contributed by atoms with van der Waals surface area (Å²) < 4.78 is 0. The highest BCUT2D eigenvalue weighted by Crippen LogP contribution is 2.18. The van der Waals surface area contributed by atoms with Gasteiger partial charge >= 0.3 is 0 Å². The number of hydrogen-bond acceptors (Lipinski definition) is 6. The first kappa shape index (κ1) is 14.7. The highest BCUT2D eigenvalue weighted by atomic mass is 16.2. The number of carbonyl (C=O) groups is 4. The van der Waals surface area contributed by atoms with Crippen molar-refractivity contribution in [2.24, 2.45) is 5.84 Å². The lowest BCUT2D eigenvalue weighted by Gasteiger charge is -2.29. The Kier molecular flexibility index (Phi) is 3.99. The van der Waals surface area contributed by atoms with Gasteiger partial charge in [-0.25, -0.2) is 5.84 Å². The maximum absolute atomic E-state index is 12.3. The van der Waals surface area contributed by atoms with E-state index in [1.165, 1.54) is 18.2 Å². The van der Waals surface area contributed by atoms with Crippen LogP contribution in [-0.2, 0) is 9.59 Å². The number of rotatable bonds is 3. The topological polar surface area (TPSA) is 136 Å². The third-order valence-corrected chi connectivity index (χ3v) is 3.27. The second-order valence-corrected chi connectivity index (χ2v) is 4.61. The Labute approximate surface area is 120 Å². The van der Waals surface area contributed by atoms with E-state index < -0.39 is 23.8 Å². The molecule has 8 heteroatoms.